The van der Waals surface area contributed by atoms with Crippen LogP contribution in [-0.2, 0) is 4.79 Å². The number of carbonyl (C=O) groups excluding carboxylic acids is 1. The molecule has 0 atom stereocenters. The fourth-order valence-corrected chi connectivity index (χ4v) is 3.60. The Morgan fingerprint density at radius 3 is 2.07 bits per heavy atom. The number of fused-ring (bicyclic) bond motifs is 2. The van der Waals surface area contributed by atoms with Crippen molar-refractivity contribution in [3.63, 3.8) is 0 Å². The Balaban J connectivity index is 2.20. The Hall–Kier alpha value is -3.33. The van der Waals surface area contributed by atoms with E-state index in [0.717, 1.165) is 44.0 Å². The highest BCUT2D eigenvalue weighted by Gasteiger charge is 2.17. The largest absolute Gasteiger partial charge is 0.326 e. The Morgan fingerprint density at radius 1 is 0.852 bits per heavy atom. The van der Waals surface area contributed by atoms with Gasteiger partial charge >= 0.3 is 0 Å². The monoisotopic (exact) mass is 368 g/mol. The number of thiocarbonyl (C=S) groups is 1. The molecular formula is C23H16N2OS. The van der Waals surface area contributed by atoms with E-state index >= 15 is 0 Å². The van der Waals surface area contributed by atoms with Crippen LogP contribution < -0.4 is 5.32 Å². The SMILES string of the molecule is CC(=O)Nc1ccc2ccccc2c1-c1c(N=C=S)ccc2ccccc12. The third-order valence-electron chi connectivity index (χ3n) is 4.56. The molecule has 4 aromatic carbocycles. The topological polar surface area (TPSA) is 41.5 Å². The minimum atomic E-state index is -0.119. The molecule has 0 heterocycles. The zero-order valence-corrected chi connectivity index (χ0v) is 15.5. The summed E-state index contributed by atoms with van der Waals surface area (Å²) < 4.78 is 0. The molecule has 1 N–H and O–H groups in total. The Bertz CT molecular complexity index is 1240. The minimum absolute atomic E-state index is 0.119. The number of benzene rings is 4. The maximum absolute atomic E-state index is 11.8. The fourth-order valence-electron chi connectivity index (χ4n) is 3.50. The van der Waals surface area contributed by atoms with Crippen LogP contribution in [0.2, 0.25) is 0 Å². The summed E-state index contributed by atoms with van der Waals surface area (Å²) in [5.74, 6) is -0.119. The molecule has 0 spiro atoms. The van der Waals surface area contributed by atoms with Gasteiger partial charge in [0.05, 0.1) is 10.8 Å². The van der Waals surface area contributed by atoms with E-state index in [9.17, 15) is 4.79 Å². The van der Waals surface area contributed by atoms with Gasteiger partial charge in [-0.05, 0) is 45.9 Å². The number of anilines is 1. The molecule has 130 valence electrons. The van der Waals surface area contributed by atoms with Gasteiger partial charge in [-0.25, -0.2) is 0 Å². The summed E-state index contributed by atoms with van der Waals surface area (Å²) in [6, 6.07) is 24.2. The lowest BCUT2D eigenvalue weighted by atomic mass is 9.91. The molecular weight excluding hydrogens is 352 g/mol. The van der Waals surface area contributed by atoms with Crippen LogP contribution in [-0.4, -0.2) is 11.1 Å². The highest BCUT2D eigenvalue weighted by Crippen LogP contribution is 2.44. The molecule has 4 heteroatoms. The standard InChI is InChI=1S/C23H16N2OS/c1-15(26)25-21-13-11-17-7-3-5-9-19(17)23(21)22-18-8-4-2-6-16(18)10-12-20(22)24-14-27/h2-13H,1H3,(H,25,26). The summed E-state index contributed by atoms with van der Waals surface area (Å²) in [5.41, 5.74) is 3.35. The highest BCUT2D eigenvalue weighted by atomic mass is 32.1. The van der Waals surface area contributed by atoms with Gasteiger partial charge in [0.25, 0.3) is 0 Å². The molecule has 4 aromatic rings. The van der Waals surface area contributed by atoms with Crippen LogP contribution in [0.5, 0.6) is 0 Å². The lowest BCUT2D eigenvalue weighted by Gasteiger charge is -2.17. The summed E-state index contributed by atoms with van der Waals surface area (Å²) in [5, 5.41) is 9.73. The maximum Gasteiger partial charge on any atom is 0.221 e. The van der Waals surface area contributed by atoms with Crippen LogP contribution in [0, 0.1) is 0 Å². The van der Waals surface area contributed by atoms with Crippen molar-refractivity contribution in [3.05, 3.63) is 72.8 Å². The van der Waals surface area contributed by atoms with Crippen molar-refractivity contribution in [2.24, 2.45) is 4.99 Å². The molecule has 0 unspecified atom stereocenters. The first-order valence-electron chi connectivity index (χ1n) is 8.58. The van der Waals surface area contributed by atoms with Crippen LogP contribution in [0.25, 0.3) is 32.7 Å². The summed E-state index contributed by atoms with van der Waals surface area (Å²) in [4.78, 5) is 16.2. The number of aliphatic imine (C=N–C) groups is 1. The van der Waals surface area contributed by atoms with Gasteiger partial charge in [-0.15, -0.1) is 0 Å². The second kappa shape index (κ2) is 7.12. The molecule has 4 rings (SSSR count). The smallest absolute Gasteiger partial charge is 0.221 e. The van der Waals surface area contributed by atoms with Crippen LogP contribution in [0.1, 0.15) is 6.92 Å². The van der Waals surface area contributed by atoms with Gasteiger partial charge in [0, 0.05) is 23.7 Å². The van der Waals surface area contributed by atoms with E-state index in [2.05, 4.69) is 39.7 Å². The molecule has 0 saturated carbocycles. The number of nitrogens with one attached hydrogen (secondary N) is 1. The van der Waals surface area contributed by atoms with Crippen molar-refractivity contribution >= 4 is 56.2 Å². The average molecular weight is 368 g/mol. The molecule has 27 heavy (non-hydrogen) atoms. The van der Waals surface area contributed by atoms with Gasteiger partial charge in [0.1, 0.15) is 0 Å². The van der Waals surface area contributed by atoms with Crippen LogP contribution in [0.3, 0.4) is 0 Å². The summed E-state index contributed by atoms with van der Waals surface area (Å²) in [7, 11) is 0. The fraction of sp³-hybridized carbons (Fsp3) is 0.0435. The van der Waals surface area contributed by atoms with Crippen molar-refractivity contribution in [1.29, 1.82) is 0 Å². The first-order chi connectivity index (χ1) is 13.2. The third kappa shape index (κ3) is 3.13. The second-order valence-corrected chi connectivity index (χ2v) is 6.46. The lowest BCUT2D eigenvalue weighted by molar-refractivity contribution is -0.114. The van der Waals surface area contributed by atoms with Crippen molar-refractivity contribution < 1.29 is 4.79 Å². The van der Waals surface area contributed by atoms with E-state index in [1.807, 2.05) is 48.5 Å². The first-order valence-corrected chi connectivity index (χ1v) is 8.99. The molecule has 1 amide bonds. The number of rotatable bonds is 3. The second-order valence-electron chi connectivity index (χ2n) is 6.27. The van der Waals surface area contributed by atoms with Gasteiger partial charge in [0.15, 0.2) is 0 Å². The molecule has 0 aliphatic carbocycles. The van der Waals surface area contributed by atoms with E-state index in [4.69, 9.17) is 12.2 Å². The number of amides is 1. The molecule has 3 nitrogen and oxygen atoms in total. The average Bonchev–Trinajstić information content (AvgIpc) is 2.68. The maximum atomic E-state index is 11.8. The molecule has 0 radical (unpaired) electrons. The first kappa shape index (κ1) is 17.1. The summed E-state index contributed by atoms with van der Waals surface area (Å²) in [6.45, 7) is 1.51. The van der Waals surface area contributed by atoms with E-state index < -0.39 is 0 Å². The van der Waals surface area contributed by atoms with Gasteiger partial charge in [-0.2, -0.15) is 4.99 Å². The number of hydrogen-bond donors (Lipinski definition) is 1. The van der Waals surface area contributed by atoms with E-state index in [-0.39, 0.29) is 5.91 Å². The van der Waals surface area contributed by atoms with Crippen molar-refractivity contribution in [2.75, 3.05) is 5.32 Å². The van der Waals surface area contributed by atoms with Crippen LogP contribution >= 0.6 is 12.2 Å². The number of isothiocyanates is 1. The number of carbonyl (C=O) groups is 1. The van der Waals surface area contributed by atoms with Crippen LogP contribution in [0.15, 0.2) is 77.8 Å². The van der Waals surface area contributed by atoms with Gasteiger partial charge in [0.2, 0.25) is 5.91 Å². The van der Waals surface area contributed by atoms with Crippen molar-refractivity contribution in [2.45, 2.75) is 6.92 Å². The van der Waals surface area contributed by atoms with Gasteiger partial charge in [-0.3, -0.25) is 4.79 Å². The molecule has 0 aliphatic heterocycles. The van der Waals surface area contributed by atoms with Gasteiger partial charge in [-0.1, -0.05) is 60.7 Å². The van der Waals surface area contributed by atoms with Crippen molar-refractivity contribution in [1.82, 2.24) is 0 Å². The predicted octanol–water partition coefficient (Wildman–Crippen LogP) is 6.35. The zero-order valence-electron chi connectivity index (χ0n) is 14.7. The summed E-state index contributed by atoms with van der Waals surface area (Å²) in [6.07, 6.45) is 0. The highest BCUT2D eigenvalue weighted by molar-refractivity contribution is 7.78. The molecule has 0 aromatic heterocycles. The zero-order chi connectivity index (χ0) is 18.8. The molecule has 0 aliphatic rings. The molecule has 0 saturated heterocycles. The quantitative estimate of drug-likeness (QED) is 0.338. The predicted molar refractivity (Wildman–Crippen MR) is 116 cm³/mol. The summed E-state index contributed by atoms with van der Waals surface area (Å²) >= 11 is 4.88. The lowest BCUT2D eigenvalue weighted by Crippen LogP contribution is -2.07. The molecule has 0 bridgehead atoms. The molecule has 0 fully saturated rings. The van der Waals surface area contributed by atoms with E-state index in [1.165, 1.54) is 6.92 Å². The van der Waals surface area contributed by atoms with Gasteiger partial charge < -0.3 is 5.32 Å². The van der Waals surface area contributed by atoms with Crippen LogP contribution in [0.4, 0.5) is 11.4 Å². The third-order valence-corrected chi connectivity index (χ3v) is 4.65. The number of nitrogens with zero attached hydrogens (tertiary/aromatic N) is 1. The Kier molecular flexibility index (Phi) is 4.51. The minimum Gasteiger partial charge on any atom is -0.326 e. The Labute approximate surface area is 162 Å². The van der Waals surface area contributed by atoms with E-state index in [1.54, 1.807) is 0 Å². The van der Waals surface area contributed by atoms with E-state index in [0.29, 0.717) is 0 Å². The normalized spacial score (nSPS) is 10.6. The Morgan fingerprint density at radius 2 is 1.44 bits per heavy atom. The number of hydrogen-bond acceptors (Lipinski definition) is 3. The van der Waals surface area contributed by atoms with Crippen molar-refractivity contribution in [3.8, 4) is 11.1 Å².